The molecule has 1 aliphatic heterocycles. The standard InChI is InChI=1S/C15H20N2O3S/c1-11(14(18)17-8-4-2-3-5-9-17)21-13-10-12(15(19)20)6-7-16-13/h6-7,10-11H,2-5,8-9H2,1H3,(H,19,20). The zero-order valence-corrected chi connectivity index (χ0v) is 12.9. The monoisotopic (exact) mass is 308 g/mol. The Bertz CT molecular complexity index is 513. The van der Waals surface area contributed by atoms with Crippen LogP contribution in [0.1, 0.15) is 43.0 Å². The highest BCUT2D eigenvalue weighted by Gasteiger charge is 2.22. The molecule has 21 heavy (non-hydrogen) atoms. The number of hydrogen-bond acceptors (Lipinski definition) is 4. The summed E-state index contributed by atoms with van der Waals surface area (Å²) in [6.45, 7) is 3.51. The lowest BCUT2D eigenvalue weighted by molar-refractivity contribution is -0.130. The second-order valence-electron chi connectivity index (χ2n) is 5.19. The van der Waals surface area contributed by atoms with Crippen LogP contribution in [0.3, 0.4) is 0 Å². The minimum absolute atomic E-state index is 0.115. The Labute approximate surface area is 128 Å². The number of pyridine rings is 1. The fourth-order valence-electron chi connectivity index (χ4n) is 2.39. The molecule has 2 rings (SSSR count). The van der Waals surface area contributed by atoms with Gasteiger partial charge >= 0.3 is 5.97 Å². The lowest BCUT2D eigenvalue weighted by Crippen LogP contribution is -2.37. The third kappa shape index (κ3) is 4.46. The first-order valence-corrected chi connectivity index (χ1v) is 8.10. The number of carboxylic acids is 1. The molecule has 2 heterocycles. The third-order valence-corrected chi connectivity index (χ3v) is 4.56. The van der Waals surface area contributed by atoms with Crippen molar-refractivity contribution in [1.82, 2.24) is 9.88 Å². The number of aromatic carboxylic acids is 1. The molecule has 0 aromatic carbocycles. The quantitative estimate of drug-likeness (QED) is 0.866. The molecule has 1 unspecified atom stereocenters. The molecule has 114 valence electrons. The molecular formula is C15H20N2O3S. The van der Waals surface area contributed by atoms with E-state index in [1.54, 1.807) is 0 Å². The number of aromatic nitrogens is 1. The second-order valence-corrected chi connectivity index (χ2v) is 6.55. The van der Waals surface area contributed by atoms with Gasteiger partial charge < -0.3 is 10.0 Å². The molecule has 0 aliphatic carbocycles. The lowest BCUT2D eigenvalue weighted by atomic mass is 10.2. The van der Waals surface area contributed by atoms with E-state index in [0.29, 0.717) is 5.03 Å². The van der Waals surface area contributed by atoms with Crippen molar-refractivity contribution in [1.29, 1.82) is 0 Å². The summed E-state index contributed by atoms with van der Waals surface area (Å²) in [5, 5.41) is 9.30. The highest BCUT2D eigenvalue weighted by atomic mass is 32.2. The van der Waals surface area contributed by atoms with Gasteiger partial charge in [0.05, 0.1) is 15.8 Å². The van der Waals surface area contributed by atoms with Crippen molar-refractivity contribution < 1.29 is 14.7 Å². The highest BCUT2D eigenvalue weighted by molar-refractivity contribution is 8.00. The largest absolute Gasteiger partial charge is 0.478 e. The minimum atomic E-state index is -0.981. The summed E-state index contributed by atoms with van der Waals surface area (Å²) in [7, 11) is 0. The number of carbonyl (C=O) groups is 2. The average molecular weight is 308 g/mol. The van der Waals surface area contributed by atoms with Gasteiger partial charge in [-0.2, -0.15) is 0 Å². The number of amides is 1. The van der Waals surface area contributed by atoms with Gasteiger partial charge in [-0.25, -0.2) is 9.78 Å². The van der Waals surface area contributed by atoms with Crippen LogP contribution in [0.15, 0.2) is 23.4 Å². The molecule has 1 aromatic rings. The van der Waals surface area contributed by atoms with Crippen molar-refractivity contribution in [2.45, 2.75) is 42.9 Å². The Balaban J connectivity index is 1.99. The van der Waals surface area contributed by atoms with Gasteiger partial charge in [-0.15, -0.1) is 0 Å². The summed E-state index contributed by atoms with van der Waals surface area (Å²) in [4.78, 5) is 29.4. The zero-order chi connectivity index (χ0) is 15.2. The van der Waals surface area contributed by atoms with Crippen LogP contribution >= 0.6 is 11.8 Å². The fraction of sp³-hybridized carbons (Fsp3) is 0.533. The smallest absolute Gasteiger partial charge is 0.335 e. The average Bonchev–Trinajstić information content (AvgIpc) is 2.75. The SMILES string of the molecule is CC(Sc1cc(C(=O)O)ccn1)C(=O)N1CCCCCC1. The van der Waals surface area contributed by atoms with Crippen LogP contribution in [-0.4, -0.2) is 45.2 Å². The molecule has 6 heteroatoms. The number of carbonyl (C=O) groups excluding carboxylic acids is 1. The van der Waals surface area contributed by atoms with Crippen molar-refractivity contribution in [3.63, 3.8) is 0 Å². The number of likely N-dealkylation sites (tertiary alicyclic amines) is 1. The highest BCUT2D eigenvalue weighted by Crippen LogP contribution is 2.24. The Morgan fingerprint density at radius 1 is 1.29 bits per heavy atom. The molecule has 0 spiro atoms. The summed E-state index contributed by atoms with van der Waals surface area (Å²) >= 11 is 1.32. The van der Waals surface area contributed by atoms with E-state index < -0.39 is 5.97 Å². The molecule has 0 radical (unpaired) electrons. The number of hydrogen-bond donors (Lipinski definition) is 1. The predicted molar refractivity (Wildman–Crippen MR) is 81.6 cm³/mol. The van der Waals surface area contributed by atoms with Gasteiger partial charge in [0, 0.05) is 19.3 Å². The fourth-order valence-corrected chi connectivity index (χ4v) is 3.32. The van der Waals surface area contributed by atoms with E-state index in [-0.39, 0.29) is 16.7 Å². The van der Waals surface area contributed by atoms with Crippen molar-refractivity contribution >= 4 is 23.6 Å². The normalized spacial score (nSPS) is 17.1. The molecule has 0 bridgehead atoms. The predicted octanol–water partition coefficient (Wildman–Crippen LogP) is 2.66. The van der Waals surface area contributed by atoms with E-state index in [0.717, 1.165) is 25.9 Å². The first kappa shape index (κ1) is 15.8. The molecule has 1 aliphatic rings. The molecule has 0 saturated carbocycles. The summed E-state index contributed by atoms with van der Waals surface area (Å²) < 4.78 is 0. The summed E-state index contributed by atoms with van der Waals surface area (Å²) in [6.07, 6.45) is 5.97. The molecule has 1 aromatic heterocycles. The van der Waals surface area contributed by atoms with Crippen LogP contribution in [-0.2, 0) is 4.79 Å². The second kappa shape index (κ2) is 7.45. The van der Waals surface area contributed by atoms with Crippen LogP contribution in [0.4, 0.5) is 0 Å². The maximum absolute atomic E-state index is 12.4. The van der Waals surface area contributed by atoms with E-state index in [4.69, 9.17) is 5.11 Å². The van der Waals surface area contributed by atoms with Gasteiger partial charge in [-0.1, -0.05) is 24.6 Å². The van der Waals surface area contributed by atoms with Crippen molar-refractivity contribution in [3.8, 4) is 0 Å². The Morgan fingerprint density at radius 3 is 2.57 bits per heavy atom. The van der Waals surface area contributed by atoms with Gasteiger partial charge in [-0.05, 0) is 31.9 Å². The number of thioether (sulfide) groups is 1. The first-order valence-electron chi connectivity index (χ1n) is 7.22. The lowest BCUT2D eigenvalue weighted by Gasteiger charge is -2.23. The number of carboxylic acid groups (broad SMARTS) is 1. The summed E-state index contributed by atoms with van der Waals surface area (Å²) in [5.41, 5.74) is 0.196. The van der Waals surface area contributed by atoms with Gasteiger partial charge in [0.25, 0.3) is 0 Å². The first-order chi connectivity index (χ1) is 10.1. The van der Waals surface area contributed by atoms with Gasteiger partial charge in [0.2, 0.25) is 5.91 Å². The van der Waals surface area contributed by atoms with E-state index >= 15 is 0 Å². The van der Waals surface area contributed by atoms with Crippen LogP contribution < -0.4 is 0 Å². The van der Waals surface area contributed by atoms with Crippen LogP contribution in [0, 0.1) is 0 Å². The Morgan fingerprint density at radius 2 is 1.95 bits per heavy atom. The van der Waals surface area contributed by atoms with Crippen molar-refractivity contribution in [3.05, 3.63) is 23.9 Å². The minimum Gasteiger partial charge on any atom is -0.478 e. The molecule has 1 fully saturated rings. The maximum Gasteiger partial charge on any atom is 0.335 e. The molecule has 1 amide bonds. The van der Waals surface area contributed by atoms with Gasteiger partial charge in [0.15, 0.2) is 0 Å². The van der Waals surface area contributed by atoms with E-state index in [1.807, 2.05) is 11.8 Å². The number of nitrogens with zero attached hydrogens (tertiary/aromatic N) is 2. The van der Waals surface area contributed by atoms with E-state index in [1.165, 1.54) is 42.9 Å². The molecule has 1 atom stereocenters. The van der Waals surface area contributed by atoms with Crippen LogP contribution in [0.25, 0.3) is 0 Å². The van der Waals surface area contributed by atoms with Gasteiger partial charge in [-0.3, -0.25) is 4.79 Å². The van der Waals surface area contributed by atoms with Crippen LogP contribution in [0.5, 0.6) is 0 Å². The molecular weight excluding hydrogens is 288 g/mol. The van der Waals surface area contributed by atoms with E-state index in [9.17, 15) is 9.59 Å². The Hall–Kier alpha value is -1.56. The molecule has 1 saturated heterocycles. The van der Waals surface area contributed by atoms with E-state index in [2.05, 4.69) is 4.98 Å². The zero-order valence-electron chi connectivity index (χ0n) is 12.1. The molecule has 1 N–H and O–H groups in total. The maximum atomic E-state index is 12.4. The van der Waals surface area contributed by atoms with Crippen molar-refractivity contribution in [2.24, 2.45) is 0 Å². The van der Waals surface area contributed by atoms with Crippen molar-refractivity contribution in [2.75, 3.05) is 13.1 Å². The summed E-state index contributed by atoms with van der Waals surface area (Å²) in [6, 6.07) is 2.97. The summed E-state index contributed by atoms with van der Waals surface area (Å²) in [5.74, 6) is -0.866. The van der Waals surface area contributed by atoms with Crippen LogP contribution in [0.2, 0.25) is 0 Å². The number of rotatable bonds is 4. The van der Waals surface area contributed by atoms with Gasteiger partial charge in [0.1, 0.15) is 0 Å². The molecule has 5 nitrogen and oxygen atoms in total. The topological polar surface area (TPSA) is 70.5 Å². The Kier molecular flexibility index (Phi) is 5.61. The third-order valence-electron chi connectivity index (χ3n) is 3.54.